The Morgan fingerprint density at radius 3 is 2.58 bits per heavy atom. The Hall–Kier alpha value is -1.84. The van der Waals surface area contributed by atoms with Crippen molar-refractivity contribution in [1.82, 2.24) is 5.43 Å². The van der Waals surface area contributed by atoms with Crippen LogP contribution >= 0.6 is 0 Å². The minimum Gasteiger partial charge on any atom is -0.483 e. The molecule has 0 fully saturated rings. The van der Waals surface area contributed by atoms with E-state index >= 15 is 0 Å². The Morgan fingerprint density at radius 1 is 1.37 bits per heavy atom. The van der Waals surface area contributed by atoms with Crippen molar-refractivity contribution >= 4 is 12.1 Å². The lowest BCUT2D eigenvalue weighted by Gasteiger charge is -2.10. The molecule has 1 aromatic rings. The third-order valence-electron chi connectivity index (χ3n) is 2.61. The molecule has 1 amide bonds. The number of carbonyl (C=O) groups excluding carboxylic acids is 1. The van der Waals surface area contributed by atoms with Crippen LogP contribution in [0.3, 0.4) is 0 Å². The summed E-state index contributed by atoms with van der Waals surface area (Å²) in [6, 6.07) is 5.88. The average Bonchev–Trinajstić information content (AvgIpc) is 2.34. The van der Waals surface area contributed by atoms with Crippen molar-refractivity contribution in [2.45, 2.75) is 34.1 Å². The number of rotatable bonds is 6. The van der Waals surface area contributed by atoms with E-state index in [-0.39, 0.29) is 12.5 Å². The minimum atomic E-state index is -0.248. The van der Waals surface area contributed by atoms with Crippen LogP contribution in [-0.2, 0) is 4.79 Å². The Morgan fingerprint density at radius 2 is 2.00 bits per heavy atom. The standard InChI is InChI=1S/C15H22N2O2/c1-11(2)8-9-16-17-14(18)10-19-15-12(3)6-5-7-13(15)4/h5-7,9,11H,8,10H2,1-4H3,(H,17,18). The van der Waals surface area contributed by atoms with E-state index in [2.05, 4.69) is 24.4 Å². The molecule has 1 aromatic carbocycles. The summed E-state index contributed by atoms with van der Waals surface area (Å²) in [6.45, 7) is 8.09. The second kappa shape index (κ2) is 7.56. The molecule has 4 heteroatoms. The first-order valence-electron chi connectivity index (χ1n) is 6.50. The largest absolute Gasteiger partial charge is 0.483 e. The molecule has 0 atom stereocenters. The maximum atomic E-state index is 11.5. The van der Waals surface area contributed by atoms with Gasteiger partial charge in [-0.3, -0.25) is 4.79 Å². The Kier molecular flexibility index (Phi) is 6.06. The lowest BCUT2D eigenvalue weighted by molar-refractivity contribution is -0.123. The Bertz CT molecular complexity index is 433. The minimum absolute atomic E-state index is 0.0231. The summed E-state index contributed by atoms with van der Waals surface area (Å²) in [5.41, 5.74) is 4.50. The molecule has 0 aromatic heterocycles. The highest BCUT2D eigenvalue weighted by molar-refractivity contribution is 5.78. The number of nitrogens with one attached hydrogen (secondary N) is 1. The van der Waals surface area contributed by atoms with Gasteiger partial charge >= 0.3 is 0 Å². The first kappa shape index (κ1) is 15.2. The van der Waals surface area contributed by atoms with Crippen molar-refractivity contribution in [2.75, 3.05) is 6.61 Å². The maximum absolute atomic E-state index is 11.5. The molecule has 0 radical (unpaired) electrons. The molecule has 0 unspecified atom stereocenters. The number of carbonyl (C=O) groups is 1. The van der Waals surface area contributed by atoms with Crippen LogP contribution in [0.1, 0.15) is 31.4 Å². The quantitative estimate of drug-likeness (QED) is 0.633. The van der Waals surface area contributed by atoms with Crippen LogP contribution in [0.5, 0.6) is 5.75 Å². The predicted octanol–water partition coefficient (Wildman–Crippen LogP) is 2.83. The average molecular weight is 262 g/mol. The van der Waals surface area contributed by atoms with E-state index in [0.717, 1.165) is 23.3 Å². The summed E-state index contributed by atoms with van der Waals surface area (Å²) >= 11 is 0. The van der Waals surface area contributed by atoms with Gasteiger partial charge in [-0.15, -0.1) is 0 Å². The lowest BCUT2D eigenvalue weighted by atomic mass is 10.1. The SMILES string of the molecule is Cc1cccc(C)c1OCC(=O)NN=CCC(C)C. The number of para-hydroxylation sites is 1. The van der Waals surface area contributed by atoms with Crippen molar-refractivity contribution in [3.05, 3.63) is 29.3 Å². The number of ether oxygens (including phenoxy) is 1. The van der Waals surface area contributed by atoms with Gasteiger partial charge < -0.3 is 4.74 Å². The zero-order valence-corrected chi connectivity index (χ0v) is 12.1. The smallest absolute Gasteiger partial charge is 0.277 e. The molecule has 0 aliphatic heterocycles. The van der Waals surface area contributed by atoms with Crippen LogP contribution in [0, 0.1) is 19.8 Å². The van der Waals surface area contributed by atoms with Crippen LogP contribution in [0.15, 0.2) is 23.3 Å². The summed E-state index contributed by atoms with van der Waals surface area (Å²) in [6.07, 6.45) is 2.56. The molecule has 4 nitrogen and oxygen atoms in total. The monoisotopic (exact) mass is 262 g/mol. The summed E-state index contributed by atoms with van der Waals surface area (Å²) in [5, 5.41) is 3.86. The molecule has 0 aliphatic rings. The summed E-state index contributed by atoms with van der Waals surface area (Å²) in [5.74, 6) is 1.05. The van der Waals surface area contributed by atoms with E-state index in [9.17, 15) is 4.79 Å². The molecular formula is C15H22N2O2. The topological polar surface area (TPSA) is 50.7 Å². The van der Waals surface area contributed by atoms with Gasteiger partial charge in [0.15, 0.2) is 6.61 Å². The number of hydrogen-bond donors (Lipinski definition) is 1. The van der Waals surface area contributed by atoms with Crippen molar-refractivity contribution < 1.29 is 9.53 Å². The molecule has 104 valence electrons. The molecule has 1 rings (SSSR count). The van der Waals surface area contributed by atoms with E-state index < -0.39 is 0 Å². The first-order valence-corrected chi connectivity index (χ1v) is 6.50. The van der Waals surface area contributed by atoms with E-state index in [0.29, 0.717) is 5.92 Å². The van der Waals surface area contributed by atoms with Gasteiger partial charge in [-0.05, 0) is 37.3 Å². The summed E-state index contributed by atoms with van der Waals surface area (Å²) < 4.78 is 5.52. The highest BCUT2D eigenvalue weighted by Gasteiger charge is 2.06. The predicted molar refractivity (Wildman–Crippen MR) is 77.5 cm³/mol. The first-order chi connectivity index (χ1) is 9.00. The molecule has 0 saturated heterocycles. The van der Waals surface area contributed by atoms with Gasteiger partial charge in [0, 0.05) is 6.21 Å². The van der Waals surface area contributed by atoms with E-state index in [1.165, 1.54) is 0 Å². The summed E-state index contributed by atoms with van der Waals surface area (Å²) in [4.78, 5) is 11.5. The van der Waals surface area contributed by atoms with Gasteiger partial charge in [0.2, 0.25) is 0 Å². The van der Waals surface area contributed by atoms with Gasteiger partial charge in [0.1, 0.15) is 5.75 Å². The van der Waals surface area contributed by atoms with Gasteiger partial charge in [-0.2, -0.15) is 5.10 Å². The van der Waals surface area contributed by atoms with Crippen LogP contribution in [0.25, 0.3) is 0 Å². The van der Waals surface area contributed by atoms with Crippen molar-refractivity contribution in [3.8, 4) is 5.75 Å². The molecular weight excluding hydrogens is 240 g/mol. The highest BCUT2D eigenvalue weighted by Crippen LogP contribution is 2.21. The third-order valence-corrected chi connectivity index (χ3v) is 2.61. The number of amides is 1. The zero-order chi connectivity index (χ0) is 14.3. The molecule has 0 spiro atoms. The highest BCUT2D eigenvalue weighted by atomic mass is 16.5. The van der Waals surface area contributed by atoms with Gasteiger partial charge in [-0.25, -0.2) is 5.43 Å². The van der Waals surface area contributed by atoms with Crippen LogP contribution in [-0.4, -0.2) is 18.7 Å². The number of nitrogens with zero attached hydrogens (tertiary/aromatic N) is 1. The number of aryl methyl sites for hydroxylation is 2. The van der Waals surface area contributed by atoms with Crippen molar-refractivity contribution in [3.63, 3.8) is 0 Å². The third kappa shape index (κ3) is 5.55. The summed E-state index contributed by atoms with van der Waals surface area (Å²) in [7, 11) is 0. The van der Waals surface area contributed by atoms with Gasteiger partial charge in [-0.1, -0.05) is 32.0 Å². The van der Waals surface area contributed by atoms with Gasteiger partial charge in [0.25, 0.3) is 5.91 Å². The Balaban J connectivity index is 2.40. The van der Waals surface area contributed by atoms with Gasteiger partial charge in [0.05, 0.1) is 0 Å². The zero-order valence-electron chi connectivity index (χ0n) is 12.1. The molecule has 19 heavy (non-hydrogen) atoms. The number of hydrazone groups is 1. The number of hydrogen-bond acceptors (Lipinski definition) is 3. The van der Waals surface area contributed by atoms with Crippen molar-refractivity contribution in [1.29, 1.82) is 0 Å². The maximum Gasteiger partial charge on any atom is 0.277 e. The van der Waals surface area contributed by atoms with Crippen LogP contribution in [0.4, 0.5) is 0 Å². The lowest BCUT2D eigenvalue weighted by Crippen LogP contribution is -2.25. The van der Waals surface area contributed by atoms with Crippen LogP contribution in [0.2, 0.25) is 0 Å². The molecule has 0 saturated carbocycles. The fourth-order valence-electron chi connectivity index (χ4n) is 1.58. The second-order valence-electron chi connectivity index (χ2n) is 4.99. The Labute approximate surface area is 114 Å². The second-order valence-corrected chi connectivity index (χ2v) is 4.99. The molecule has 0 heterocycles. The molecule has 0 bridgehead atoms. The van der Waals surface area contributed by atoms with E-state index in [1.807, 2.05) is 32.0 Å². The molecule has 0 aliphatic carbocycles. The fraction of sp³-hybridized carbons (Fsp3) is 0.467. The molecule has 1 N–H and O–H groups in total. The van der Waals surface area contributed by atoms with Crippen LogP contribution < -0.4 is 10.2 Å². The number of benzene rings is 1. The fourth-order valence-corrected chi connectivity index (χ4v) is 1.58. The normalized spacial score (nSPS) is 11.0. The van der Waals surface area contributed by atoms with E-state index in [1.54, 1.807) is 6.21 Å². The van der Waals surface area contributed by atoms with Crippen molar-refractivity contribution in [2.24, 2.45) is 11.0 Å². The van der Waals surface area contributed by atoms with E-state index in [4.69, 9.17) is 4.74 Å².